The Labute approximate surface area is 93.3 Å². The molecule has 0 atom stereocenters. The summed E-state index contributed by atoms with van der Waals surface area (Å²) in [5.41, 5.74) is 0. The second-order valence-electron chi connectivity index (χ2n) is 5.63. The summed E-state index contributed by atoms with van der Waals surface area (Å²) in [4.78, 5) is 11.0. The topological polar surface area (TPSA) is 26.3 Å². The lowest BCUT2D eigenvalue weighted by molar-refractivity contribution is -0.182. The van der Waals surface area contributed by atoms with Crippen molar-refractivity contribution in [2.24, 2.45) is 23.7 Å². The molecule has 0 unspecified atom stereocenters. The van der Waals surface area contributed by atoms with E-state index in [-0.39, 0.29) is 6.10 Å². The van der Waals surface area contributed by atoms with Crippen LogP contribution in [0.3, 0.4) is 0 Å². The van der Waals surface area contributed by atoms with Crippen molar-refractivity contribution in [1.29, 1.82) is 0 Å². The quantitative estimate of drug-likeness (QED) is 0.682. The van der Waals surface area contributed by atoms with Gasteiger partial charge in [-0.1, -0.05) is 0 Å². The van der Waals surface area contributed by atoms with E-state index in [2.05, 4.69) is 0 Å². The van der Waals surface area contributed by atoms with Gasteiger partial charge in [-0.15, -0.1) is 0 Å². The lowest BCUT2D eigenvalue weighted by Gasteiger charge is -2.53. The van der Waals surface area contributed by atoms with Crippen molar-refractivity contribution in [2.75, 3.05) is 0 Å². The molecule has 0 aromatic rings. The van der Waals surface area contributed by atoms with Crippen molar-refractivity contribution in [3.8, 4) is 0 Å². The van der Waals surface area contributed by atoms with Gasteiger partial charge in [0.2, 0.25) is 0 Å². The van der Waals surface area contributed by atoms with Crippen LogP contribution in [0.5, 0.6) is 0 Å². The highest BCUT2D eigenvalue weighted by molar-refractivity contribution is 5.73. The highest BCUT2D eigenvalue weighted by Crippen LogP contribution is 2.54. The maximum absolute atomic E-state index is 12.2. The highest BCUT2D eigenvalue weighted by Gasteiger charge is 2.50. The molecule has 0 aromatic heterocycles. The first kappa shape index (κ1) is 10.5. The molecular formula is C12H16F2O2. The molecular weight excluding hydrogens is 214 g/mol. The monoisotopic (exact) mass is 230 g/mol. The number of carbonyl (C=O) groups excluding carboxylic acids is 1. The summed E-state index contributed by atoms with van der Waals surface area (Å²) in [5, 5.41) is 0. The number of halogens is 2. The largest absolute Gasteiger partial charge is 0.458 e. The summed E-state index contributed by atoms with van der Waals surface area (Å²) in [6.07, 6.45) is 2.43. The summed E-state index contributed by atoms with van der Waals surface area (Å²) < 4.78 is 29.3. The van der Waals surface area contributed by atoms with Crippen LogP contribution in [0.25, 0.3) is 0 Å². The van der Waals surface area contributed by atoms with E-state index in [1.165, 1.54) is 6.42 Å². The summed E-state index contributed by atoms with van der Waals surface area (Å²) in [5.74, 6) is 0.934. The molecule has 4 aliphatic rings. The normalized spacial score (nSPS) is 45.1. The summed E-state index contributed by atoms with van der Waals surface area (Å²) >= 11 is 0. The van der Waals surface area contributed by atoms with E-state index in [1.54, 1.807) is 0 Å². The Balaban J connectivity index is 1.70. The fourth-order valence-electron chi connectivity index (χ4n) is 4.25. The van der Waals surface area contributed by atoms with Crippen LogP contribution in [0.2, 0.25) is 0 Å². The fraction of sp³-hybridized carbons (Fsp3) is 0.917. The molecule has 0 spiro atoms. The molecule has 0 radical (unpaired) electrons. The Bertz CT molecular complexity index is 275. The molecule has 0 heterocycles. The van der Waals surface area contributed by atoms with Gasteiger partial charge in [0.25, 0.3) is 0 Å². The zero-order valence-corrected chi connectivity index (χ0v) is 9.07. The molecule has 4 saturated carbocycles. The smallest absolute Gasteiger partial charge is 0.374 e. The van der Waals surface area contributed by atoms with Gasteiger partial charge in [0.15, 0.2) is 0 Å². The SMILES string of the molecule is O=C(OC1C2CC3CC(C2)CC1C3)C(F)F. The van der Waals surface area contributed by atoms with E-state index >= 15 is 0 Å². The highest BCUT2D eigenvalue weighted by atomic mass is 19.3. The third-order valence-electron chi connectivity index (χ3n) is 4.57. The number of hydrogen-bond acceptors (Lipinski definition) is 2. The van der Waals surface area contributed by atoms with Gasteiger partial charge in [-0.25, -0.2) is 4.79 Å². The van der Waals surface area contributed by atoms with E-state index in [1.807, 2.05) is 0 Å². The van der Waals surface area contributed by atoms with Crippen molar-refractivity contribution in [1.82, 2.24) is 0 Å². The number of rotatable bonds is 2. The summed E-state index contributed by atoms with van der Waals surface area (Å²) in [6, 6.07) is 0. The molecule has 0 saturated heterocycles. The molecule has 0 aliphatic heterocycles. The Kier molecular flexibility index (Phi) is 2.41. The Hall–Kier alpha value is -0.670. The summed E-state index contributed by atoms with van der Waals surface area (Å²) in [6.45, 7) is 0. The molecule has 4 fully saturated rings. The third kappa shape index (κ3) is 1.62. The van der Waals surface area contributed by atoms with Gasteiger partial charge in [0.1, 0.15) is 6.10 Å². The minimum absolute atomic E-state index is 0.214. The molecule has 2 nitrogen and oxygen atoms in total. The summed E-state index contributed by atoms with van der Waals surface area (Å²) in [7, 11) is 0. The van der Waals surface area contributed by atoms with E-state index < -0.39 is 12.4 Å². The Morgan fingerprint density at radius 2 is 1.50 bits per heavy atom. The zero-order valence-electron chi connectivity index (χ0n) is 9.07. The van der Waals surface area contributed by atoms with Gasteiger partial charge in [0, 0.05) is 0 Å². The van der Waals surface area contributed by atoms with Crippen LogP contribution >= 0.6 is 0 Å². The van der Waals surface area contributed by atoms with Crippen LogP contribution in [-0.2, 0) is 9.53 Å². The molecule has 4 aliphatic carbocycles. The van der Waals surface area contributed by atoms with Crippen LogP contribution in [0.4, 0.5) is 8.78 Å². The first-order valence-corrected chi connectivity index (χ1v) is 6.12. The molecule has 4 rings (SSSR count). The minimum Gasteiger partial charge on any atom is -0.458 e. The lowest BCUT2D eigenvalue weighted by Crippen LogP contribution is -2.50. The van der Waals surface area contributed by atoms with Gasteiger partial charge in [-0.2, -0.15) is 8.78 Å². The van der Waals surface area contributed by atoms with Gasteiger partial charge < -0.3 is 4.74 Å². The average molecular weight is 230 g/mol. The Morgan fingerprint density at radius 1 is 1.00 bits per heavy atom. The Morgan fingerprint density at radius 3 is 1.94 bits per heavy atom. The van der Waals surface area contributed by atoms with Crippen molar-refractivity contribution < 1.29 is 18.3 Å². The molecule has 4 bridgehead atoms. The predicted octanol–water partition coefficient (Wildman–Crippen LogP) is 2.62. The van der Waals surface area contributed by atoms with Gasteiger partial charge in [-0.3, -0.25) is 0 Å². The van der Waals surface area contributed by atoms with E-state index in [0.29, 0.717) is 11.8 Å². The molecule has 4 heteroatoms. The van der Waals surface area contributed by atoms with E-state index in [9.17, 15) is 13.6 Å². The van der Waals surface area contributed by atoms with Gasteiger partial charge >= 0.3 is 12.4 Å². The van der Waals surface area contributed by atoms with Crippen molar-refractivity contribution in [2.45, 2.75) is 44.6 Å². The third-order valence-corrected chi connectivity index (χ3v) is 4.57. The van der Waals surface area contributed by atoms with Crippen molar-refractivity contribution in [3.05, 3.63) is 0 Å². The van der Waals surface area contributed by atoms with Gasteiger partial charge in [-0.05, 0) is 55.8 Å². The van der Waals surface area contributed by atoms with Crippen molar-refractivity contribution >= 4 is 5.97 Å². The maximum atomic E-state index is 12.2. The van der Waals surface area contributed by atoms with Gasteiger partial charge in [0.05, 0.1) is 0 Å². The molecule has 0 aromatic carbocycles. The number of alkyl halides is 2. The minimum atomic E-state index is -2.97. The number of ether oxygens (including phenoxy) is 1. The number of carbonyl (C=O) groups is 1. The zero-order chi connectivity index (χ0) is 11.3. The first-order chi connectivity index (χ1) is 7.63. The molecule has 0 amide bonds. The second kappa shape index (κ2) is 3.67. The molecule has 0 N–H and O–H groups in total. The fourth-order valence-corrected chi connectivity index (χ4v) is 4.25. The molecule has 90 valence electrons. The van der Waals surface area contributed by atoms with Crippen LogP contribution in [0.1, 0.15) is 32.1 Å². The average Bonchev–Trinajstić information content (AvgIpc) is 2.21. The van der Waals surface area contributed by atoms with E-state index in [4.69, 9.17) is 4.74 Å². The number of esters is 1. The number of hydrogen-bond donors (Lipinski definition) is 0. The van der Waals surface area contributed by atoms with Crippen LogP contribution in [0, 0.1) is 23.7 Å². The first-order valence-electron chi connectivity index (χ1n) is 6.12. The maximum Gasteiger partial charge on any atom is 0.374 e. The predicted molar refractivity (Wildman–Crippen MR) is 52.9 cm³/mol. The van der Waals surface area contributed by atoms with E-state index in [0.717, 1.165) is 37.5 Å². The van der Waals surface area contributed by atoms with Crippen LogP contribution in [0.15, 0.2) is 0 Å². The van der Waals surface area contributed by atoms with Crippen LogP contribution in [-0.4, -0.2) is 18.5 Å². The lowest BCUT2D eigenvalue weighted by atomic mass is 9.55. The van der Waals surface area contributed by atoms with Crippen LogP contribution < -0.4 is 0 Å². The second-order valence-corrected chi connectivity index (χ2v) is 5.63. The molecule has 16 heavy (non-hydrogen) atoms. The standard InChI is InChI=1S/C12H16F2O2/c13-11(14)12(15)16-10-8-2-6-1-7(4-8)5-9(10)3-6/h6-11H,1-5H2. The van der Waals surface area contributed by atoms with Crippen molar-refractivity contribution in [3.63, 3.8) is 0 Å².